The molecule has 0 aliphatic rings. The number of rotatable bonds is 4. The number of carbonyl (C=O) groups is 2. The van der Waals surface area contributed by atoms with Crippen molar-refractivity contribution in [2.75, 3.05) is 5.32 Å². The molecule has 0 radical (unpaired) electrons. The lowest BCUT2D eigenvalue weighted by Gasteiger charge is -2.18. The number of carboxylic acid groups (broad SMARTS) is 1. The van der Waals surface area contributed by atoms with E-state index < -0.39 is 17.3 Å². The van der Waals surface area contributed by atoms with Crippen molar-refractivity contribution in [1.82, 2.24) is 9.97 Å². The molecule has 0 aliphatic carbocycles. The highest BCUT2D eigenvalue weighted by Gasteiger charge is 2.30. The fraction of sp³-hybridized carbons (Fsp3) is 0.308. The van der Waals surface area contributed by atoms with Crippen molar-refractivity contribution in [1.29, 1.82) is 0 Å². The summed E-state index contributed by atoms with van der Waals surface area (Å²) in [6.45, 7) is 2.98. The number of hydrogen-bond donors (Lipinski definition) is 4. The third kappa shape index (κ3) is 2.87. The van der Waals surface area contributed by atoms with Crippen LogP contribution >= 0.6 is 0 Å². The van der Waals surface area contributed by atoms with E-state index in [9.17, 15) is 14.4 Å². The Morgan fingerprint density at radius 2 is 1.90 bits per heavy atom. The highest BCUT2D eigenvalue weighted by atomic mass is 16.4. The van der Waals surface area contributed by atoms with E-state index in [1.807, 2.05) is 0 Å². The molecule has 20 heavy (non-hydrogen) atoms. The first-order valence-corrected chi connectivity index (χ1v) is 6.03. The molecule has 0 unspecified atom stereocenters. The van der Waals surface area contributed by atoms with Gasteiger partial charge in [-0.15, -0.1) is 0 Å². The van der Waals surface area contributed by atoms with E-state index in [-0.39, 0.29) is 12.1 Å². The van der Waals surface area contributed by atoms with Gasteiger partial charge < -0.3 is 20.4 Å². The monoisotopic (exact) mass is 277 g/mol. The minimum atomic E-state index is -1.13. The summed E-state index contributed by atoms with van der Waals surface area (Å²) in [5.41, 5.74) is 0.259. The van der Waals surface area contributed by atoms with E-state index in [1.165, 1.54) is 13.8 Å². The number of carbonyl (C=O) groups excluding carboxylic acids is 1. The maximum atomic E-state index is 11.8. The number of fused-ring (bicyclic) bond motifs is 1. The van der Waals surface area contributed by atoms with E-state index in [4.69, 9.17) is 5.11 Å². The molecule has 0 aliphatic heterocycles. The van der Waals surface area contributed by atoms with Crippen LogP contribution in [0.4, 0.5) is 5.69 Å². The molecule has 0 saturated heterocycles. The Hall–Kier alpha value is -2.57. The van der Waals surface area contributed by atoms with Gasteiger partial charge in [0, 0.05) is 12.1 Å². The Morgan fingerprint density at radius 3 is 2.55 bits per heavy atom. The van der Waals surface area contributed by atoms with Crippen LogP contribution in [0.3, 0.4) is 0 Å². The van der Waals surface area contributed by atoms with Gasteiger partial charge >= 0.3 is 11.7 Å². The number of H-pyrrole nitrogens is 2. The zero-order valence-corrected chi connectivity index (χ0v) is 11.1. The molecule has 0 saturated carbocycles. The largest absolute Gasteiger partial charge is 0.481 e. The molecule has 0 fully saturated rings. The Kier molecular flexibility index (Phi) is 3.35. The first-order valence-electron chi connectivity index (χ1n) is 6.03. The quantitative estimate of drug-likeness (QED) is 0.674. The molecule has 1 aromatic heterocycles. The molecule has 1 aromatic carbocycles. The minimum absolute atomic E-state index is 0.135. The molecule has 7 heteroatoms. The molecule has 2 aromatic rings. The summed E-state index contributed by atoms with van der Waals surface area (Å²) < 4.78 is 0. The normalized spacial score (nSPS) is 11.5. The fourth-order valence-electron chi connectivity index (χ4n) is 1.79. The Labute approximate surface area is 114 Å². The molecule has 0 atom stereocenters. The van der Waals surface area contributed by atoms with Gasteiger partial charge in [0.2, 0.25) is 5.91 Å². The summed E-state index contributed by atoms with van der Waals surface area (Å²) in [5.74, 6) is -1.42. The second-order valence-electron chi connectivity index (χ2n) is 5.25. The van der Waals surface area contributed by atoms with E-state index >= 15 is 0 Å². The summed E-state index contributed by atoms with van der Waals surface area (Å²) in [6.07, 6.45) is -0.135. The zero-order chi connectivity index (χ0) is 14.9. The van der Waals surface area contributed by atoms with E-state index in [0.717, 1.165) is 0 Å². The van der Waals surface area contributed by atoms with Crippen LogP contribution in [0.25, 0.3) is 11.0 Å². The molecule has 7 nitrogen and oxygen atoms in total. The van der Waals surface area contributed by atoms with E-state index in [0.29, 0.717) is 16.7 Å². The number of benzene rings is 1. The van der Waals surface area contributed by atoms with Gasteiger partial charge in [-0.05, 0) is 32.0 Å². The fourth-order valence-corrected chi connectivity index (χ4v) is 1.79. The van der Waals surface area contributed by atoms with Gasteiger partial charge in [-0.25, -0.2) is 4.79 Å². The Bertz CT molecular complexity index is 727. The minimum Gasteiger partial charge on any atom is -0.481 e. The molecule has 0 bridgehead atoms. The second kappa shape index (κ2) is 4.84. The maximum Gasteiger partial charge on any atom is 0.323 e. The zero-order valence-electron chi connectivity index (χ0n) is 11.1. The first-order chi connectivity index (χ1) is 9.28. The third-order valence-corrected chi connectivity index (χ3v) is 2.98. The van der Waals surface area contributed by atoms with Crippen molar-refractivity contribution >= 4 is 28.6 Å². The SMILES string of the molecule is CC(C)(CC(=O)Nc1ccc2[nH]c(=O)[nH]c2c1)C(=O)O. The van der Waals surface area contributed by atoms with Crippen LogP contribution in [0.5, 0.6) is 0 Å². The summed E-state index contributed by atoms with van der Waals surface area (Å²) >= 11 is 0. The van der Waals surface area contributed by atoms with Gasteiger partial charge in [0.25, 0.3) is 0 Å². The van der Waals surface area contributed by atoms with Gasteiger partial charge in [0.05, 0.1) is 16.4 Å². The van der Waals surface area contributed by atoms with Crippen molar-refractivity contribution in [2.45, 2.75) is 20.3 Å². The number of aromatic nitrogens is 2. The first kappa shape index (κ1) is 13.9. The molecule has 1 heterocycles. The van der Waals surface area contributed by atoms with Crippen LogP contribution in [0.2, 0.25) is 0 Å². The van der Waals surface area contributed by atoms with E-state index in [1.54, 1.807) is 18.2 Å². The summed E-state index contributed by atoms with van der Waals surface area (Å²) in [5, 5.41) is 11.6. The summed E-state index contributed by atoms with van der Waals surface area (Å²) in [7, 11) is 0. The molecule has 0 spiro atoms. The lowest BCUT2D eigenvalue weighted by molar-refractivity contribution is -0.148. The highest BCUT2D eigenvalue weighted by Crippen LogP contribution is 2.22. The van der Waals surface area contributed by atoms with Gasteiger partial charge in [-0.2, -0.15) is 0 Å². The molecule has 4 N–H and O–H groups in total. The number of hydrogen-bond acceptors (Lipinski definition) is 3. The van der Waals surface area contributed by atoms with Crippen molar-refractivity contribution in [3.63, 3.8) is 0 Å². The molecular formula is C13H15N3O4. The second-order valence-corrected chi connectivity index (χ2v) is 5.25. The number of carboxylic acids is 1. The number of aromatic amines is 2. The van der Waals surface area contributed by atoms with Crippen molar-refractivity contribution in [2.24, 2.45) is 5.41 Å². The van der Waals surface area contributed by atoms with Crippen LogP contribution in [-0.4, -0.2) is 27.0 Å². The van der Waals surface area contributed by atoms with Gasteiger partial charge in [0.1, 0.15) is 0 Å². The third-order valence-electron chi connectivity index (χ3n) is 2.98. The molecular weight excluding hydrogens is 262 g/mol. The Balaban J connectivity index is 2.13. The number of aliphatic carboxylic acids is 1. The van der Waals surface area contributed by atoms with Crippen LogP contribution in [0, 0.1) is 5.41 Å². The van der Waals surface area contributed by atoms with Gasteiger partial charge in [0.15, 0.2) is 0 Å². The smallest absolute Gasteiger partial charge is 0.323 e. The van der Waals surface area contributed by atoms with Crippen LogP contribution in [-0.2, 0) is 9.59 Å². The Morgan fingerprint density at radius 1 is 1.25 bits per heavy atom. The maximum absolute atomic E-state index is 11.8. The predicted molar refractivity (Wildman–Crippen MR) is 73.6 cm³/mol. The number of amides is 1. The van der Waals surface area contributed by atoms with E-state index in [2.05, 4.69) is 15.3 Å². The number of nitrogens with one attached hydrogen (secondary N) is 3. The average molecular weight is 277 g/mol. The van der Waals surface area contributed by atoms with Gasteiger partial charge in [-0.3, -0.25) is 9.59 Å². The molecule has 2 rings (SSSR count). The predicted octanol–water partition coefficient (Wildman–Crippen LogP) is 1.30. The highest BCUT2D eigenvalue weighted by molar-refractivity contribution is 5.95. The van der Waals surface area contributed by atoms with Crippen LogP contribution < -0.4 is 11.0 Å². The van der Waals surface area contributed by atoms with Crippen molar-refractivity contribution in [3.8, 4) is 0 Å². The number of anilines is 1. The lowest BCUT2D eigenvalue weighted by atomic mass is 9.89. The lowest BCUT2D eigenvalue weighted by Crippen LogP contribution is -2.29. The average Bonchev–Trinajstić information content (AvgIpc) is 2.67. The topological polar surface area (TPSA) is 115 Å². The molecule has 1 amide bonds. The van der Waals surface area contributed by atoms with Gasteiger partial charge in [-0.1, -0.05) is 0 Å². The van der Waals surface area contributed by atoms with Crippen LogP contribution in [0.15, 0.2) is 23.0 Å². The van der Waals surface area contributed by atoms with Crippen molar-refractivity contribution in [3.05, 3.63) is 28.7 Å². The summed E-state index contributed by atoms with van der Waals surface area (Å²) in [6, 6.07) is 4.90. The summed E-state index contributed by atoms with van der Waals surface area (Å²) in [4.78, 5) is 39.1. The van der Waals surface area contributed by atoms with Crippen LogP contribution in [0.1, 0.15) is 20.3 Å². The number of imidazole rings is 1. The standard InChI is InChI=1S/C13H15N3O4/c1-13(2,11(18)19)6-10(17)14-7-3-4-8-9(5-7)16-12(20)15-8/h3-5H,6H2,1-2H3,(H,14,17)(H,18,19)(H2,15,16,20). The van der Waals surface area contributed by atoms with Crippen molar-refractivity contribution < 1.29 is 14.7 Å². The molecule has 106 valence electrons.